The third-order valence-corrected chi connectivity index (χ3v) is 4.02. The number of hydrogen-bond acceptors (Lipinski definition) is 5. The molecule has 1 fully saturated rings. The zero-order valence-electron chi connectivity index (χ0n) is 11.3. The smallest absolute Gasteiger partial charge is 0.309 e. The lowest BCUT2D eigenvalue weighted by Crippen LogP contribution is -2.43. The fourth-order valence-electron chi connectivity index (χ4n) is 2.42. The number of fused-ring (bicyclic) bond motifs is 1. The molecule has 2 aromatic rings. The van der Waals surface area contributed by atoms with Gasteiger partial charge in [0.1, 0.15) is 5.52 Å². The number of benzene rings is 1. The number of anilines is 1. The summed E-state index contributed by atoms with van der Waals surface area (Å²) in [7, 11) is 0. The lowest BCUT2D eigenvalue weighted by molar-refractivity contribution is -0.149. The first-order valence-electron chi connectivity index (χ1n) is 6.66. The number of aliphatic carboxylic acids is 1. The molecule has 0 spiro atoms. The number of hydrogen-bond donors (Lipinski definition) is 1. The summed E-state index contributed by atoms with van der Waals surface area (Å²) in [4.78, 5) is 17.7. The summed E-state index contributed by atoms with van der Waals surface area (Å²) in [5, 5.41) is 17.5. The molecule has 1 aromatic heterocycles. The van der Waals surface area contributed by atoms with E-state index >= 15 is 0 Å². The van der Waals surface area contributed by atoms with Crippen LogP contribution in [0.5, 0.6) is 0 Å². The average Bonchev–Trinajstić information content (AvgIpc) is 2.47. The molecule has 2 heterocycles. The zero-order valence-corrected chi connectivity index (χ0v) is 11.3. The van der Waals surface area contributed by atoms with E-state index in [4.69, 9.17) is 0 Å². The van der Waals surface area contributed by atoms with E-state index < -0.39 is 11.4 Å². The Hall–Kier alpha value is -2.24. The molecule has 1 N–H and O–H groups in total. The number of piperidine rings is 1. The summed E-state index contributed by atoms with van der Waals surface area (Å²) in [5.74, 6) is -0.147. The third-order valence-electron chi connectivity index (χ3n) is 4.02. The number of aromatic nitrogens is 3. The van der Waals surface area contributed by atoms with Crippen molar-refractivity contribution >= 4 is 23.0 Å². The Morgan fingerprint density at radius 1 is 1.20 bits per heavy atom. The molecule has 104 valence electrons. The van der Waals surface area contributed by atoms with Gasteiger partial charge < -0.3 is 10.0 Å². The lowest BCUT2D eigenvalue weighted by Gasteiger charge is -2.36. The molecule has 0 atom stereocenters. The quantitative estimate of drug-likeness (QED) is 0.896. The van der Waals surface area contributed by atoms with Gasteiger partial charge in [0.15, 0.2) is 0 Å². The summed E-state index contributed by atoms with van der Waals surface area (Å²) in [5.41, 5.74) is 0.938. The first-order valence-corrected chi connectivity index (χ1v) is 6.66. The van der Waals surface area contributed by atoms with Crippen LogP contribution < -0.4 is 4.90 Å². The van der Waals surface area contributed by atoms with Gasteiger partial charge in [-0.25, -0.2) is 4.98 Å². The summed E-state index contributed by atoms with van der Waals surface area (Å²) >= 11 is 0. The second-order valence-corrected chi connectivity index (χ2v) is 5.45. The summed E-state index contributed by atoms with van der Waals surface area (Å²) < 4.78 is 0. The summed E-state index contributed by atoms with van der Waals surface area (Å²) in [6.07, 6.45) is 1.19. The number of carboxylic acid groups (broad SMARTS) is 1. The Morgan fingerprint density at radius 2 is 1.85 bits per heavy atom. The fraction of sp³-hybridized carbons (Fsp3) is 0.429. The maximum absolute atomic E-state index is 11.2. The fourth-order valence-corrected chi connectivity index (χ4v) is 2.42. The van der Waals surface area contributed by atoms with Crippen LogP contribution in [0.25, 0.3) is 11.0 Å². The molecule has 1 aliphatic rings. The Balaban J connectivity index is 1.81. The van der Waals surface area contributed by atoms with E-state index in [0.717, 1.165) is 11.0 Å². The molecule has 0 aliphatic carbocycles. The summed E-state index contributed by atoms with van der Waals surface area (Å²) in [6.45, 7) is 3.08. The largest absolute Gasteiger partial charge is 0.481 e. The van der Waals surface area contributed by atoms with Gasteiger partial charge in [-0.3, -0.25) is 4.79 Å². The van der Waals surface area contributed by atoms with Crippen molar-refractivity contribution < 1.29 is 9.90 Å². The first kappa shape index (κ1) is 12.8. The normalized spacial score (nSPS) is 18.1. The van der Waals surface area contributed by atoms with Crippen LogP contribution in [0, 0.1) is 5.41 Å². The number of carboxylic acids is 1. The van der Waals surface area contributed by atoms with Gasteiger partial charge in [-0.15, -0.1) is 10.2 Å². The van der Waals surface area contributed by atoms with Gasteiger partial charge >= 0.3 is 5.97 Å². The average molecular weight is 272 g/mol. The highest BCUT2D eigenvalue weighted by atomic mass is 16.4. The molecule has 6 heteroatoms. The number of para-hydroxylation sites is 1. The third kappa shape index (κ3) is 2.17. The Labute approximate surface area is 116 Å². The molecule has 0 amide bonds. The van der Waals surface area contributed by atoms with Crippen molar-refractivity contribution in [2.45, 2.75) is 19.8 Å². The van der Waals surface area contributed by atoms with Crippen LogP contribution in [0.3, 0.4) is 0 Å². The molecule has 6 nitrogen and oxygen atoms in total. The second kappa shape index (κ2) is 4.70. The van der Waals surface area contributed by atoms with Gasteiger partial charge in [-0.2, -0.15) is 0 Å². The van der Waals surface area contributed by atoms with Crippen LogP contribution in [0.15, 0.2) is 24.3 Å². The SMILES string of the molecule is CC1(C(=O)O)CCN(c2nnc3ccccc3n2)CC1. The molecule has 0 radical (unpaired) electrons. The number of carbonyl (C=O) groups is 1. The Morgan fingerprint density at radius 3 is 2.50 bits per heavy atom. The van der Waals surface area contributed by atoms with Gasteiger partial charge in [0, 0.05) is 13.1 Å². The molecule has 20 heavy (non-hydrogen) atoms. The molecule has 1 saturated heterocycles. The van der Waals surface area contributed by atoms with Gasteiger partial charge in [0.25, 0.3) is 0 Å². The highest BCUT2D eigenvalue weighted by molar-refractivity contribution is 5.75. The van der Waals surface area contributed by atoms with Crippen molar-refractivity contribution in [3.05, 3.63) is 24.3 Å². The van der Waals surface area contributed by atoms with Crippen molar-refractivity contribution in [2.75, 3.05) is 18.0 Å². The highest BCUT2D eigenvalue weighted by Gasteiger charge is 2.37. The van der Waals surface area contributed by atoms with Gasteiger partial charge in [-0.05, 0) is 31.9 Å². The molecule has 0 bridgehead atoms. The van der Waals surface area contributed by atoms with Crippen LogP contribution in [-0.4, -0.2) is 39.3 Å². The molecule has 3 rings (SSSR count). The predicted octanol–water partition coefficient (Wildman–Crippen LogP) is 1.72. The minimum Gasteiger partial charge on any atom is -0.481 e. The molecular weight excluding hydrogens is 256 g/mol. The van der Waals surface area contributed by atoms with Crippen molar-refractivity contribution in [3.8, 4) is 0 Å². The topological polar surface area (TPSA) is 79.2 Å². The van der Waals surface area contributed by atoms with Crippen LogP contribution >= 0.6 is 0 Å². The Kier molecular flexibility index (Phi) is 3.00. The van der Waals surface area contributed by atoms with Gasteiger partial charge in [0.2, 0.25) is 5.95 Å². The molecule has 0 unspecified atom stereocenters. The van der Waals surface area contributed by atoms with Crippen molar-refractivity contribution in [1.29, 1.82) is 0 Å². The van der Waals surface area contributed by atoms with Crippen molar-refractivity contribution in [2.24, 2.45) is 5.41 Å². The zero-order chi connectivity index (χ0) is 14.2. The highest BCUT2D eigenvalue weighted by Crippen LogP contribution is 2.32. The van der Waals surface area contributed by atoms with E-state index in [0.29, 0.717) is 31.9 Å². The van der Waals surface area contributed by atoms with E-state index in [1.165, 1.54) is 0 Å². The van der Waals surface area contributed by atoms with Crippen molar-refractivity contribution in [1.82, 2.24) is 15.2 Å². The monoisotopic (exact) mass is 272 g/mol. The number of rotatable bonds is 2. The first-order chi connectivity index (χ1) is 9.58. The predicted molar refractivity (Wildman–Crippen MR) is 74.5 cm³/mol. The minimum atomic E-state index is -0.727. The van der Waals surface area contributed by atoms with Crippen molar-refractivity contribution in [3.63, 3.8) is 0 Å². The van der Waals surface area contributed by atoms with E-state index in [1.54, 1.807) is 6.92 Å². The number of nitrogens with zero attached hydrogens (tertiary/aromatic N) is 4. The van der Waals surface area contributed by atoms with E-state index in [1.807, 2.05) is 29.2 Å². The molecule has 1 aliphatic heterocycles. The van der Waals surface area contributed by atoms with Crippen LogP contribution in [0.2, 0.25) is 0 Å². The van der Waals surface area contributed by atoms with E-state index in [2.05, 4.69) is 15.2 Å². The van der Waals surface area contributed by atoms with Gasteiger partial charge in [-0.1, -0.05) is 12.1 Å². The van der Waals surface area contributed by atoms with Crippen LogP contribution in [-0.2, 0) is 4.79 Å². The summed E-state index contributed by atoms with van der Waals surface area (Å²) in [6, 6.07) is 7.59. The van der Waals surface area contributed by atoms with Crippen LogP contribution in [0.4, 0.5) is 5.95 Å². The lowest BCUT2D eigenvalue weighted by atomic mass is 9.80. The second-order valence-electron chi connectivity index (χ2n) is 5.45. The minimum absolute atomic E-state index is 0.580. The molecule has 1 aromatic carbocycles. The van der Waals surface area contributed by atoms with E-state index in [9.17, 15) is 9.90 Å². The Bertz CT molecular complexity index is 650. The molecular formula is C14H16N4O2. The maximum atomic E-state index is 11.2. The van der Waals surface area contributed by atoms with Gasteiger partial charge in [0.05, 0.1) is 10.9 Å². The maximum Gasteiger partial charge on any atom is 0.309 e. The molecule has 0 saturated carbocycles. The van der Waals surface area contributed by atoms with E-state index in [-0.39, 0.29) is 0 Å². The standard InChI is InChI=1S/C14H16N4O2/c1-14(12(19)20)6-8-18(9-7-14)13-15-10-4-2-3-5-11(10)16-17-13/h2-5H,6-9H2,1H3,(H,19,20). The van der Waals surface area contributed by atoms with Crippen LogP contribution in [0.1, 0.15) is 19.8 Å².